The quantitative estimate of drug-likeness (QED) is 0.411. The van der Waals surface area contributed by atoms with Gasteiger partial charge in [0.25, 0.3) is 0 Å². The van der Waals surface area contributed by atoms with Crippen molar-refractivity contribution in [1.29, 1.82) is 0 Å². The van der Waals surface area contributed by atoms with E-state index in [9.17, 15) is 4.79 Å². The van der Waals surface area contributed by atoms with Gasteiger partial charge in [-0.3, -0.25) is 9.89 Å². The van der Waals surface area contributed by atoms with Crippen LogP contribution < -0.4 is 10.1 Å². The molecular formula is C23H21N5O2S. The van der Waals surface area contributed by atoms with Crippen molar-refractivity contribution in [2.24, 2.45) is 0 Å². The number of aromatic nitrogens is 4. The Morgan fingerprint density at radius 1 is 1.10 bits per heavy atom. The summed E-state index contributed by atoms with van der Waals surface area (Å²) >= 11 is 1.61. The number of hydrogen-bond donors (Lipinski definition) is 2. The normalized spacial score (nSPS) is 11.0. The highest BCUT2D eigenvalue weighted by molar-refractivity contribution is 7.09. The van der Waals surface area contributed by atoms with Crippen LogP contribution in [0.2, 0.25) is 0 Å². The molecule has 0 radical (unpaired) electrons. The number of H-pyrrole nitrogens is 1. The van der Waals surface area contributed by atoms with Crippen LogP contribution in [0.3, 0.4) is 0 Å². The highest BCUT2D eigenvalue weighted by Gasteiger charge is 2.05. The van der Waals surface area contributed by atoms with Gasteiger partial charge in [0.2, 0.25) is 5.91 Å². The van der Waals surface area contributed by atoms with Crippen LogP contribution in [-0.4, -0.2) is 26.1 Å². The number of nitrogens with zero attached hydrogens (tertiary/aromatic N) is 3. The topological polar surface area (TPSA) is 92.8 Å². The molecular weight excluding hydrogens is 410 g/mol. The van der Waals surface area contributed by atoms with Gasteiger partial charge in [-0.1, -0.05) is 12.1 Å². The van der Waals surface area contributed by atoms with E-state index >= 15 is 0 Å². The van der Waals surface area contributed by atoms with Crippen molar-refractivity contribution in [3.05, 3.63) is 82.1 Å². The maximum absolute atomic E-state index is 12.2. The second kappa shape index (κ2) is 9.36. The summed E-state index contributed by atoms with van der Waals surface area (Å²) in [5.41, 5.74) is 3.41. The monoisotopic (exact) mass is 431 g/mol. The lowest BCUT2D eigenvalue weighted by atomic mass is 10.2. The lowest BCUT2D eigenvalue weighted by Crippen LogP contribution is -2.07. The lowest BCUT2D eigenvalue weighted by Gasteiger charge is -2.05. The summed E-state index contributed by atoms with van der Waals surface area (Å²) in [6.07, 6.45) is 3.26. The third kappa shape index (κ3) is 5.64. The van der Waals surface area contributed by atoms with Crippen LogP contribution in [0.15, 0.2) is 60.0 Å². The third-order valence-corrected chi connectivity index (χ3v) is 5.19. The van der Waals surface area contributed by atoms with Gasteiger partial charge in [-0.15, -0.1) is 11.3 Å². The summed E-state index contributed by atoms with van der Waals surface area (Å²) in [6.45, 7) is 4.26. The van der Waals surface area contributed by atoms with Gasteiger partial charge < -0.3 is 10.1 Å². The minimum absolute atomic E-state index is 0.208. The predicted octanol–water partition coefficient (Wildman–Crippen LogP) is 4.78. The zero-order valence-electron chi connectivity index (χ0n) is 17.1. The molecule has 2 aromatic heterocycles. The average Bonchev–Trinajstić information content (AvgIpc) is 3.40. The van der Waals surface area contributed by atoms with Gasteiger partial charge in [0, 0.05) is 22.7 Å². The van der Waals surface area contributed by atoms with Gasteiger partial charge in [0.15, 0.2) is 5.82 Å². The standard InChI is InChI=1S/C23H21N5O2S/c1-15-24-23(28-27-15)18-6-8-19(9-7-18)26-22(29)12-5-17-3-10-21(11-4-17)30-13-20-14-31-16(2)25-20/h3-12,14H,13H2,1-2H3,(H,26,29)(H,24,27,28)/b12-5+. The Hall–Kier alpha value is -3.78. The molecule has 0 aliphatic heterocycles. The molecule has 1 amide bonds. The van der Waals surface area contributed by atoms with Crippen molar-refractivity contribution in [2.45, 2.75) is 20.5 Å². The van der Waals surface area contributed by atoms with Crippen molar-refractivity contribution < 1.29 is 9.53 Å². The molecule has 2 N–H and O–H groups in total. The number of aromatic amines is 1. The van der Waals surface area contributed by atoms with E-state index in [0.717, 1.165) is 33.4 Å². The van der Waals surface area contributed by atoms with Crippen LogP contribution >= 0.6 is 11.3 Å². The predicted molar refractivity (Wildman–Crippen MR) is 122 cm³/mol. The Labute approximate surface area is 183 Å². The fourth-order valence-electron chi connectivity index (χ4n) is 2.84. The van der Waals surface area contributed by atoms with E-state index in [2.05, 4.69) is 25.5 Å². The SMILES string of the molecule is Cc1nc(-c2ccc(NC(=O)/C=C/c3ccc(OCc4csc(C)n4)cc3)cc2)n[nH]1. The number of carbonyl (C=O) groups excluding carboxylic acids is 1. The molecule has 0 atom stereocenters. The minimum atomic E-state index is -0.208. The Balaban J connectivity index is 1.29. The Bertz CT molecular complexity index is 1190. The zero-order chi connectivity index (χ0) is 21.6. The number of amides is 1. The van der Waals surface area contributed by atoms with Crippen LogP contribution in [-0.2, 0) is 11.4 Å². The van der Waals surface area contributed by atoms with E-state index in [0.29, 0.717) is 18.1 Å². The number of thiazole rings is 1. The molecule has 0 bridgehead atoms. The first-order valence-corrected chi connectivity index (χ1v) is 10.6. The van der Waals surface area contributed by atoms with E-state index in [1.807, 2.05) is 67.8 Å². The molecule has 8 heteroatoms. The number of aryl methyl sites for hydroxylation is 2. The molecule has 0 fully saturated rings. The summed E-state index contributed by atoms with van der Waals surface area (Å²) in [5, 5.41) is 12.8. The first-order chi connectivity index (χ1) is 15.0. The molecule has 0 aliphatic rings. The number of nitrogens with one attached hydrogen (secondary N) is 2. The van der Waals surface area contributed by atoms with Crippen molar-refractivity contribution in [3.8, 4) is 17.1 Å². The molecule has 4 aromatic rings. The second-order valence-corrected chi connectivity index (χ2v) is 7.92. The first-order valence-electron chi connectivity index (χ1n) is 9.67. The summed E-state index contributed by atoms with van der Waals surface area (Å²) in [5.74, 6) is 1.94. The minimum Gasteiger partial charge on any atom is -0.487 e. The molecule has 0 saturated carbocycles. The largest absolute Gasteiger partial charge is 0.487 e. The summed E-state index contributed by atoms with van der Waals surface area (Å²) in [7, 11) is 0. The van der Waals surface area contributed by atoms with Crippen LogP contribution in [0.1, 0.15) is 22.1 Å². The number of benzene rings is 2. The highest BCUT2D eigenvalue weighted by atomic mass is 32.1. The van der Waals surface area contributed by atoms with Crippen LogP contribution in [0.4, 0.5) is 5.69 Å². The van der Waals surface area contributed by atoms with Gasteiger partial charge in [-0.25, -0.2) is 9.97 Å². The third-order valence-electron chi connectivity index (χ3n) is 4.37. The van der Waals surface area contributed by atoms with Crippen LogP contribution in [0, 0.1) is 13.8 Å². The number of anilines is 1. The van der Waals surface area contributed by atoms with Gasteiger partial charge in [-0.2, -0.15) is 5.10 Å². The van der Waals surface area contributed by atoms with E-state index in [1.54, 1.807) is 17.4 Å². The van der Waals surface area contributed by atoms with Crippen molar-refractivity contribution >= 4 is 29.0 Å². The summed E-state index contributed by atoms with van der Waals surface area (Å²) in [4.78, 5) is 20.9. The van der Waals surface area contributed by atoms with Crippen molar-refractivity contribution in [1.82, 2.24) is 20.2 Å². The molecule has 0 saturated heterocycles. The van der Waals surface area contributed by atoms with E-state index in [1.165, 1.54) is 6.08 Å². The van der Waals surface area contributed by atoms with Gasteiger partial charge >= 0.3 is 0 Å². The van der Waals surface area contributed by atoms with Gasteiger partial charge in [-0.05, 0) is 61.9 Å². The lowest BCUT2D eigenvalue weighted by molar-refractivity contribution is -0.111. The van der Waals surface area contributed by atoms with Gasteiger partial charge in [0.1, 0.15) is 18.2 Å². The molecule has 0 spiro atoms. The molecule has 31 heavy (non-hydrogen) atoms. The smallest absolute Gasteiger partial charge is 0.248 e. The summed E-state index contributed by atoms with van der Waals surface area (Å²) < 4.78 is 5.74. The zero-order valence-corrected chi connectivity index (χ0v) is 17.9. The Morgan fingerprint density at radius 3 is 2.52 bits per heavy atom. The van der Waals surface area contributed by atoms with E-state index in [4.69, 9.17) is 4.74 Å². The van der Waals surface area contributed by atoms with Crippen LogP contribution in [0.5, 0.6) is 5.75 Å². The van der Waals surface area contributed by atoms with Crippen molar-refractivity contribution in [3.63, 3.8) is 0 Å². The Kier molecular flexibility index (Phi) is 6.18. The van der Waals surface area contributed by atoms with E-state index < -0.39 is 0 Å². The number of ether oxygens (including phenoxy) is 1. The highest BCUT2D eigenvalue weighted by Crippen LogP contribution is 2.19. The molecule has 7 nitrogen and oxygen atoms in total. The fraction of sp³-hybridized carbons (Fsp3) is 0.130. The summed E-state index contributed by atoms with van der Waals surface area (Å²) in [6, 6.07) is 14.9. The van der Waals surface area contributed by atoms with Gasteiger partial charge in [0.05, 0.1) is 10.7 Å². The van der Waals surface area contributed by atoms with Crippen molar-refractivity contribution in [2.75, 3.05) is 5.32 Å². The molecule has 0 aliphatic carbocycles. The fourth-order valence-corrected chi connectivity index (χ4v) is 3.43. The molecule has 0 unspecified atom stereocenters. The number of carbonyl (C=O) groups is 1. The first kappa shape index (κ1) is 20.5. The molecule has 2 aromatic carbocycles. The number of rotatable bonds is 7. The Morgan fingerprint density at radius 2 is 1.87 bits per heavy atom. The van der Waals surface area contributed by atoms with Crippen LogP contribution in [0.25, 0.3) is 17.5 Å². The van der Waals surface area contributed by atoms with E-state index in [-0.39, 0.29) is 5.91 Å². The maximum atomic E-state index is 12.2. The second-order valence-electron chi connectivity index (χ2n) is 6.86. The number of hydrogen-bond acceptors (Lipinski definition) is 6. The molecule has 2 heterocycles. The molecule has 4 rings (SSSR count). The maximum Gasteiger partial charge on any atom is 0.248 e. The average molecular weight is 432 g/mol. The molecule has 156 valence electrons.